The zero-order valence-electron chi connectivity index (χ0n) is 15.0. The molecule has 23 heavy (non-hydrogen) atoms. The van der Waals surface area contributed by atoms with Crippen LogP contribution in [0, 0.1) is 0 Å². The van der Waals surface area contributed by atoms with Crippen LogP contribution in [0.4, 0.5) is 0 Å². The minimum Gasteiger partial charge on any atom is -0.392 e. The minimum absolute atomic E-state index is 0.0484. The Balaban J connectivity index is 2.55. The van der Waals surface area contributed by atoms with Crippen molar-refractivity contribution in [1.29, 1.82) is 0 Å². The highest BCUT2D eigenvalue weighted by Crippen LogP contribution is 2.63. The van der Waals surface area contributed by atoms with Gasteiger partial charge in [0.25, 0.3) is 0 Å². The summed E-state index contributed by atoms with van der Waals surface area (Å²) in [6, 6.07) is 10.4. The van der Waals surface area contributed by atoms with Crippen molar-refractivity contribution in [3.63, 3.8) is 0 Å². The van der Waals surface area contributed by atoms with Crippen LogP contribution in [-0.2, 0) is 4.79 Å². The molecule has 0 radical (unpaired) electrons. The topological polar surface area (TPSA) is 40.5 Å². The first-order chi connectivity index (χ1) is 10.7. The van der Waals surface area contributed by atoms with Gasteiger partial charge in [-0.05, 0) is 32.8 Å². The molecule has 0 aliphatic carbocycles. The van der Waals surface area contributed by atoms with Gasteiger partial charge in [0.2, 0.25) is 5.91 Å². The Labute approximate surface area is 141 Å². The molecule has 4 heteroatoms. The Hall–Kier alpha value is -1.39. The summed E-state index contributed by atoms with van der Waals surface area (Å²) in [6.45, 7) is 14.7. The van der Waals surface area contributed by atoms with E-state index in [-0.39, 0.29) is 29.1 Å². The number of carbonyl (C=O) groups excluding carboxylic acids is 1. The fourth-order valence-electron chi connectivity index (χ4n) is 3.81. The number of rotatable bonds is 5. The monoisotopic (exact) mass is 331 g/mol. The number of aliphatic hydroxyl groups excluding tert-OH is 1. The summed E-state index contributed by atoms with van der Waals surface area (Å²) in [6.07, 6.45) is 0.596. The fraction of sp³-hybridized carbons (Fsp3) is 0.526. The lowest BCUT2D eigenvalue weighted by molar-refractivity contribution is -0.164. The SMILES string of the molecule is C=C(CO)CC1([SiH](C)C)C(=O)N(C(C)(C)C)[C@@H]1c1ccccc1. The van der Waals surface area contributed by atoms with Crippen molar-refractivity contribution in [1.82, 2.24) is 4.90 Å². The summed E-state index contributed by atoms with van der Waals surface area (Å²) in [5, 5.41) is 9.08. The maximum Gasteiger partial charge on any atom is 0.229 e. The van der Waals surface area contributed by atoms with Crippen LogP contribution >= 0.6 is 0 Å². The fourth-order valence-corrected chi connectivity index (χ4v) is 6.11. The van der Waals surface area contributed by atoms with Gasteiger partial charge in [0.05, 0.1) is 26.5 Å². The average Bonchev–Trinajstić information content (AvgIpc) is 2.48. The van der Waals surface area contributed by atoms with Crippen LogP contribution in [0.25, 0.3) is 0 Å². The Morgan fingerprint density at radius 2 is 1.87 bits per heavy atom. The summed E-state index contributed by atoms with van der Waals surface area (Å²) < 4.78 is 0. The molecule has 1 N–H and O–H groups in total. The molecule has 1 aromatic carbocycles. The first kappa shape index (κ1) is 18.0. The molecule has 2 atom stereocenters. The molecular weight excluding hydrogens is 302 g/mol. The van der Waals surface area contributed by atoms with Crippen molar-refractivity contribution in [3.05, 3.63) is 48.0 Å². The summed E-state index contributed by atoms with van der Waals surface area (Å²) in [4.78, 5) is 15.3. The van der Waals surface area contributed by atoms with Crippen molar-refractivity contribution in [2.24, 2.45) is 0 Å². The van der Waals surface area contributed by atoms with E-state index in [4.69, 9.17) is 0 Å². The smallest absolute Gasteiger partial charge is 0.229 e. The van der Waals surface area contributed by atoms with Gasteiger partial charge in [-0.1, -0.05) is 55.6 Å². The number of likely N-dealkylation sites (tertiary alicyclic amines) is 1. The van der Waals surface area contributed by atoms with Gasteiger partial charge >= 0.3 is 0 Å². The molecule has 1 aliphatic heterocycles. The lowest BCUT2D eigenvalue weighted by atomic mass is 9.74. The molecule has 1 saturated heterocycles. The number of carbonyl (C=O) groups is 1. The normalized spacial score (nSPS) is 24.7. The van der Waals surface area contributed by atoms with Crippen molar-refractivity contribution < 1.29 is 9.90 Å². The van der Waals surface area contributed by atoms with E-state index in [9.17, 15) is 9.90 Å². The third kappa shape index (κ3) is 2.90. The molecule has 0 aromatic heterocycles. The molecule has 126 valence electrons. The van der Waals surface area contributed by atoms with Gasteiger partial charge in [-0.25, -0.2) is 0 Å². The first-order valence-corrected chi connectivity index (χ1v) is 11.2. The third-order valence-electron chi connectivity index (χ3n) is 5.00. The molecular formula is C19H29NO2Si. The van der Waals surface area contributed by atoms with Crippen molar-refractivity contribution >= 4 is 14.7 Å². The minimum atomic E-state index is -1.34. The van der Waals surface area contributed by atoms with E-state index in [0.29, 0.717) is 6.42 Å². The first-order valence-electron chi connectivity index (χ1n) is 8.32. The summed E-state index contributed by atoms with van der Waals surface area (Å²) in [5.74, 6) is 0.232. The lowest BCUT2D eigenvalue weighted by Crippen LogP contribution is -2.68. The van der Waals surface area contributed by atoms with Gasteiger partial charge in [0.1, 0.15) is 0 Å². The van der Waals surface area contributed by atoms with E-state index in [2.05, 4.69) is 52.6 Å². The van der Waals surface area contributed by atoms with Gasteiger partial charge in [0.15, 0.2) is 0 Å². The number of β-lactam (4-membered cyclic amide) rings is 1. The van der Waals surface area contributed by atoms with Crippen molar-refractivity contribution in [2.45, 2.75) is 56.9 Å². The summed E-state index contributed by atoms with van der Waals surface area (Å²) >= 11 is 0. The predicted octanol–water partition coefficient (Wildman–Crippen LogP) is 3.53. The largest absolute Gasteiger partial charge is 0.392 e. The van der Waals surface area contributed by atoms with E-state index in [1.807, 2.05) is 23.1 Å². The third-order valence-corrected chi connectivity index (χ3v) is 7.82. The second kappa shape index (κ2) is 6.25. The van der Waals surface area contributed by atoms with E-state index < -0.39 is 8.80 Å². The molecule has 0 saturated carbocycles. The van der Waals surface area contributed by atoms with Gasteiger partial charge in [-0.3, -0.25) is 4.79 Å². The van der Waals surface area contributed by atoms with Crippen LogP contribution in [0.15, 0.2) is 42.5 Å². The van der Waals surface area contributed by atoms with Gasteiger partial charge in [-0.15, -0.1) is 0 Å². The quantitative estimate of drug-likeness (QED) is 0.509. The Kier molecular flexibility index (Phi) is 4.88. The van der Waals surface area contributed by atoms with Gasteiger partial charge < -0.3 is 10.0 Å². The predicted molar refractivity (Wildman–Crippen MR) is 98.2 cm³/mol. The van der Waals surface area contributed by atoms with E-state index in [0.717, 1.165) is 5.57 Å². The van der Waals surface area contributed by atoms with Crippen LogP contribution in [0.5, 0.6) is 0 Å². The molecule has 1 fully saturated rings. The molecule has 1 aromatic rings. The van der Waals surface area contributed by atoms with Crippen LogP contribution in [0.3, 0.4) is 0 Å². The highest BCUT2D eigenvalue weighted by atomic mass is 28.3. The zero-order chi connectivity index (χ0) is 17.4. The second-order valence-electron chi connectivity index (χ2n) is 7.94. The van der Waals surface area contributed by atoms with Crippen LogP contribution in [0.2, 0.25) is 18.1 Å². The maximum absolute atomic E-state index is 13.2. The number of hydrogen-bond donors (Lipinski definition) is 1. The Bertz CT molecular complexity index is 591. The Morgan fingerprint density at radius 1 is 1.30 bits per heavy atom. The van der Waals surface area contributed by atoms with Crippen LogP contribution < -0.4 is 0 Å². The molecule has 0 bridgehead atoms. The number of benzene rings is 1. The van der Waals surface area contributed by atoms with Crippen molar-refractivity contribution in [2.75, 3.05) is 6.61 Å². The molecule has 2 rings (SSSR count). The highest BCUT2D eigenvalue weighted by molar-refractivity contribution is 6.65. The van der Waals surface area contributed by atoms with Crippen LogP contribution in [0.1, 0.15) is 38.8 Å². The van der Waals surface area contributed by atoms with Crippen LogP contribution in [-0.4, -0.2) is 36.9 Å². The van der Waals surface area contributed by atoms with Gasteiger partial charge in [-0.2, -0.15) is 0 Å². The molecule has 0 spiro atoms. The molecule has 3 nitrogen and oxygen atoms in total. The lowest BCUT2D eigenvalue weighted by Gasteiger charge is -2.63. The second-order valence-corrected chi connectivity index (χ2v) is 11.3. The summed E-state index contributed by atoms with van der Waals surface area (Å²) in [5.41, 5.74) is 1.73. The molecule has 1 unspecified atom stereocenters. The highest BCUT2D eigenvalue weighted by Gasteiger charge is 2.64. The van der Waals surface area contributed by atoms with E-state index >= 15 is 0 Å². The molecule has 1 heterocycles. The van der Waals surface area contributed by atoms with E-state index in [1.54, 1.807) is 0 Å². The zero-order valence-corrected chi connectivity index (χ0v) is 16.1. The number of hydrogen-bond acceptors (Lipinski definition) is 2. The standard InChI is InChI=1S/C19H29NO2Si/c1-14(13-21)12-19(23(5)6)16(15-10-8-7-9-11-15)20(17(19)22)18(2,3)4/h7-11,16,21,23H,1,12-13H2,2-6H3/t16-,19?/m1/s1. The van der Waals surface area contributed by atoms with Crippen molar-refractivity contribution in [3.8, 4) is 0 Å². The summed E-state index contributed by atoms with van der Waals surface area (Å²) in [7, 11) is -1.34. The Morgan fingerprint density at radius 3 is 2.30 bits per heavy atom. The maximum atomic E-state index is 13.2. The number of amides is 1. The molecule has 1 amide bonds. The average molecular weight is 332 g/mol. The number of nitrogens with zero attached hydrogens (tertiary/aromatic N) is 1. The van der Waals surface area contributed by atoms with E-state index in [1.165, 1.54) is 5.56 Å². The number of aliphatic hydroxyl groups is 1. The van der Waals surface area contributed by atoms with Gasteiger partial charge in [0, 0.05) is 5.54 Å². The molecule has 1 aliphatic rings.